The minimum absolute atomic E-state index is 0.0851. The monoisotopic (exact) mass is 268 g/mol. The Labute approximate surface area is 116 Å². The van der Waals surface area contributed by atoms with E-state index in [1.165, 1.54) is 19.3 Å². The highest BCUT2D eigenvalue weighted by atomic mass is 16.2. The van der Waals surface area contributed by atoms with Crippen LogP contribution >= 0.6 is 0 Å². The molecule has 2 fully saturated rings. The third-order valence-electron chi connectivity index (χ3n) is 4.23. The van der Waals surface area contributed by atoms with Crippen LogP contribution in [0.2, 0.25) is 0 Å². The smallest absolute Gasteiger partial charge is 0.317 e. The number of amides is 2. The fraction of sp³-hybridized carbons (Fsp3) is 0.929. The minimum atomic E-state index is 0.0851. The molecule has 0 radical (unpaired) electrons. The number of nitrogens with one attached hydrogen (secondary N) is 2. The molecule has 1 atom stereocenters. The van der Waals surface area contributed by atoms with Crippen LogP contribution in [-0.2, 0) is 0 Å². The van der Waals surface area contributed by atoms with Crippen molar-refractivity contribution in [2.24, 2.45) is 0 Å². The van der Waals surface area contributed by atoms with E-state index in [0.717, 1.165) is 39.0 Å². The largest absolute Gasteiger partial charge is 0.335 e. The molecule has 5 nitrogen and oxygen atoms in total. The Kier molecular flexibility index (Phi) is 5.45. The number of urea groups is 1. The van der Waals surface area contributed by atoms with Crippen molar-refractivity contribution in [3.05, 3.63) is 0 Å². The second kappa shape index (κ2) is 7.10. The molecule has 2 N–H and O–H groups in total. The van der Waals surface area contributed by atoms with E-state index in [1.54, 1.807) is 0 Å². The molecule has 0 aromatic heterocycles. The van der Waals surface area contributed by atoms with Gasteiger partial charge in [-0.05, 0) is 19.9 Å². The van der Waals surface area contributed by atoms with E-state index in [-0.39, 0.29) is 6.03 Å². The van der Waals surface area contributed by atoms with E-state index >= 15 is 0 Å². The van der Waals surface area contributed by atoms with Gasteiger partial charge in [0.2, 0.25) is 0 Å². The Morgan fingerprint density at radius 2 is 2.11 bits per heavy atom. The molecule has 0 aromatic rings. The third kappa shape index (κ3) is 4.66. The maximum atomic E-state index is 12.1. The average molecular weight is 268 g/mol. The van der Waals surface area contributed by atoms with Crippen LogP contribution in [0.1, 0.15) is 32.1 Å². The van der Waals surface area contributed by atoms with Crippen LogP contribution < -0.4 is 10.6 Å². The summed E-state index contributed by atoms with van der Waals surface area (Å²) in [4.78, 5) is 16.3. The van der Waals surface area contributed by atoms with Gasteiger partial charge in [0.05, 0.1) is 0 Å². The Morgan fingerprint density at radius 3 is 2.79 bits per heavy atom. The number of likely N-dealkylation sites (N-methyl/N-ethyl adjacent to an activating group) is 2. The molecule has 5 heteroatoms. The van der Waals surface area contributed by atoms with Crippen molar-refractivity contribution in [2.45, 2.75) is 44.2 Å². The SMILES string of the molecule is CN1CCNC(CN(C)C(=O)NC2CCCCC2)C1. The zero-order valence-electron chi connectivity index (χ0n) is 12.3. The normalized spacial score (nSPS) is 26.1. The molecular formula is C14H28N4O. The maximum absolute atomic E-state index is 12.1. The van der Waals surface area contributed by atoms with Crippen molar-refractivity contribution in [2.75, 3.05) is 40.3 Å². The van der Waals surface area contributed by atoms with E-state index in [9.17, 15) is 4.79 Å². The van der Waals surface area contributed by atoms with Crippen molar-refractivity contribution < 1.29 is 4.79 Å². The van der Waals surface area contributed by atoms with Gasteiger partial charge in [-0.1, -0.05) is 19.3 Å². The summed E-state index contributed by atoms with van der Waals surface area (Å²) >= 11 is 0. The fourth-order valence-corrected chi connectivity index (χ4v) is 3.06. The lowest BCUT2D eigenvalue weighted by Crippen LogP contribution is -2.55. The summed E-state index contributed by atoms with van der Waals surface area (Å²) in [6.07, 6.45) is 6.11. The standard InChI is InChI=1S/C14H28N4O/c1-17-9-8-15-13(10-17)11-18(2)14(19)16-12-6-4-3-5-7-12/h12-13,15H,3-11H2,1-2H3,(H,16,19). The Morgan fingerprint density at radius 1 is 1.37 bits per heavy atom. The topological polar surface area (TPSA) is 47.6 Å². The van der Waals surface area contributed by atoms with E-state index in [0.29, 0.717) is 12.1 Å². The molecule has 1 aliphatic carbocycles. The summed E-state index contributed by atoms with van der Waals surface area (Å²) in [5, 5.41) is 6.64. The number of hydrogen-bond donors (Lipinski definition) is 2. The first-order chi connectivity index (χ1) is 9.15. The van der Waals surface area contributed by atoms with Gasteiger partial charge in [-0.15, -0.1) is 0 Å². The number of hydrogen-bond acceptors (Lipinski definition) is 3. The molecule has 1 aliphatic heterocycles. The van der Waals surface area contributed by atoms with Crippen molar-refractivity contribution in [3.8, 4) is 0 Å². The van der Waals surface area contributed by atoms with E-state index < -0.39 is 0 Å². The summed E-state index contributed by atoms with van der Waals surface area (Å²) in [6, 6.07) is 0.869. The molecule has 19 heavy (non-hydrogen) atoms. The lowest BCUT2D eigenvalue weighted by atomic mass is 9.96. The number of carbonyl (C=O) groups is 1. The maximum Gasteiger partial charge on any atom is 0.317 e. The Balaban J connectivity index is 1.72. The second-order valence-electron chi connectivity index (χ2n) is 6.08. The first-order valence-corrected chi connectivity index (χ1v) is 7.58. The molecule has 1 heterocycles. The zero-order chi connectivity index (χ0) is 13.7. The van der Waals surface area contributed by atoms with E-state index in [2.05, 4.69) is 22.6 Å². The first kappa shape index (κ1) is 14.6. The molecular weight excluding hydrogens is 240 g/mol. The summed E-state index contributed by atoms with van der Waals surface area (Å²) in [5.74, 6) is 0. The highest BCUT2D eigenvalue weighted by Crippen LogP contribution is 2.17. The molecule has 0 aromatic carbocycles. The van der Waals surface area contributed by atoms with Crippen LogP contribution in [0.3, 0.4) is 0 Å². The second-order valence-corrected chi connectivity index (χ2v) is 6.08. The molecule has 1 saturated carbocycles. The van der Waals surface area contributed by atoms with Gasteiger partial charge in [-0.2, -0.15) is 0 Å². The van der Waals surface area contributed by atoms with Gasteiger partial charge in [-0.3, -0.25) is 0 Å². The molecule has 1 saturated heterocycles. The molecule has 2 aliphatic rings. The molecule has 0 spiro atoms. The zero-order valence-corrected chi connectivity index (χ0v) is 12.3. The summed E-state index contributed by atoms with van der Waals surface area (Å²) < 4.78 is 0. The fourth-order valence-electron chi connectivity index (χ4n) is 3.06. The van der Waals surface area contributed by atoms with Crippen molar-refractivity contribution >= 4 is 6.03 Å². The molecule has 2 amide bonds. The van der Waals surface area contributed by atoms with Gasteiger partial charge in [-0.25, -0.2) is 4.79 Å². The van der Waals surface area contributed by atoms with Gasteiger partial charge in [0.25, 0.3) is 0 Å². The van der Waals surface area contributed by atoms with Gasteiger partial charge < -0.3 is 20.4 Å². The first-order valence-electron chi connectivity index (χ1n) is 7.58. The Bertz CT molecular complexity index is 291. The van der Waals surface area contributed by atoms with Crippen molar-refractivity contribution in [1.82, 2.24) is 20.4 Å². The molecule has 110 valence electrons. The van der Waals surface area contributed by atoms with Crippen LogP contribution in [0.25, 0.3) is 0 Å². The number of nitrogens with zero attached hydrogens (tertiary/aromatic N) is 2. The number of piperazine rings is 1. The minimum Gasteiger partial charge on any atom is -0.335 e. The van der Waals surface area contributed by atoms with Crippen LogP contribution in [0.4, 0.5) is 4.79 Å². The predicted molar refractivity (Wildman–Crippen MR) is 77.3 cm³/mol. The van der Waals surface area contributed by atoms with Crippen molar-refractivity contribution in [3.63, 3.8) is 0 Å². The van der Waals surface area contributed by atoms with Gasteiger partial charge >= 0.3 is 6.03 Å². The van der Waals surface area contributed by atoms with Crippen LogP contribution in [-0.4, -0.2) is 68.2 Å². The van der Waals surface area contributed by atoms with Crippen LogP contribution in [0.15, 0.2) is 0 Å². The molecule has 2 rings (SSSR count). The summed E-state index contributed by atoms with van der Waals surface area (Å²) in [7, 11) is 4.03. The highest BCUT2D eigenvalue weighted by molar-refractivity contribution is 5.74. The molecule has 1 unspecified atom stereocenters. The molecule has 0 bridgehead atoms. The Hall–Kier alpha value is -0.810. The third-order valence-corrected chi connectivity index (χ3v) is 4.23. The summed E-state index contributed by atoms with van der Waals surface area (Å²) in [6.45, 7) is 3.90. The van der Waals surface area contributed by atoms with Crippen LogP contribution in [0, 0.1) is 0 Å². The van der Waals surface area contributed by atoms with Crippen LogP contribution in [0.5, 0.6) is 0 Å². The van der Waals surface area contributed by atoms with Gasteiger partial charge in [0.15, 0.2) is 0 Å². The summed E-state index contributed by atoms with van der Waals surface area (Å²) in [5.41, 5.74) is 0. The number of rotatable bonds is 3. The highest BCUT2D eigenvalue weighted by Gasteiger charge is 2.22. The predicted octanol–water partition coefficient (Wildman–Crippen LogP) is 0.864. The number of carbonyl (C=O) groups excluding carboxylic acids is 1. The lowest BCUT2D eigenvalue weighted by molar-refractivity contribution is 0.177. The van der Waals surface area contributed by atoms with E-state index in [4.69, 9.17) is 0 Å². The quantitative estimate of drug-likeness (QED) is 0.798. The lowest BCUT2D eigenvalue weighted by Gasteiger charge is -2.34. The van der Waals surface area contributed by atoms with Crippen molar-refractivity contribution in [1.29, 1.82) is 0 Å². The van der Waals surface area contributed by atoms with Gasteiger partial charge in [0.1, 0.15) is 0 Å². The average Bonchev–Trinajstić information content (AvgIpc) is 2.40. The van der Waals surface area contributed by atoms with Gasteiger partial charge in [0, 0.05) is 45.3 Å². The van der Waals surface area contributed by atoms with E-state index in [1.807, 2.05) is 11.9 Å².